The van der Waals surface area contributed by atoms with E-state index in [0.717, 1.165) is 10.9 Å². The SMILES string of the molecule is CCOC(CCn1ncc2ccc([N+](=O)[O-])cc21)OCC. The number of benzene rings is 1. The maximum atomic E-state index is 10.9. The van der Waals surface area contributed by atoms with Gasteiger partial charge < -0.3 is 9.47 Å². The van der Waals surface area contributed by atoms with Crippen LogP contribution in [0, 0.1) is 10.1 Å². The summed E-state index contributed by atoms with van der Waals surface area (Å²) in [5, 5.41) is 16.0. The molecular formula is C14H19N3O4. The number of rotatable bonds is 8. The fourth-order valence-electron chi connectivity index (χ4n) is 2.16. The minimum Gasteiger partial charge on any atom is -0.353 e. The van der Waals surface area contributed by atoms with Crippen molar-refractivity contribution < 1.29 is 14.4 Å². The number of aromatic nitrogens is 2. The van der Waals surface area contributed by atoms with Gasteiger partial charge in [-0.3, -0.25) is 14.8 Å². The van der Waals surface area contributed by atoms with Crippen molar-refractivity contribution in [2.45, 2.75) is 33.1 Å². The van der Waals surface area contributed by atoms with Crippen molar-refractivity contribution in [3.8, 4) is 0 Å². The summed E-state index contributed by atoms with van der Waals surface area (Å²) in [7, 11) is 0. The Bertz CT molecular complexity index is 605. The van der Waals surface area contributed by atoms with Gasteiger partial charge in [-0.2, -0.15) is 5.10 Å². The molecule has 21 heavy (non-hydrogen) atoms. The highest BCUT2D eigenvalue weighted by Crippen LogP contribution is 2.21. The summed E-state index contributed by atoms with van der Waals surface area (Å²) >= 11 is 0. The van der Waals surface area contributed by atoms with Crippen LogP contribution in [0.15, 0.2) is 24.4 Å². The molecule has 2 rings (SSSR count). The Labute approximate surface area is 122 Å². The van der Waals surface area contributed by atoms with Crippen LogP contribution in [0.3, 0.4) is 0 Å². The van der Waals surface area contributed by atoms with Crippen LogP contribution in [0.25, 0.3) is 10.9 Å². The zero-order valence-electron chi connectivity index (χ0n) is 12.2. The molecule has 0 fully saturated rings. The summed E-state index contributed by atoms with van der Waals surface area (Å²) in [5.74, 6) is 0. The van der Waals surface area contributed by atoms with Crippen molar-refractivity contribution in [3.05, 3.63) is 34.5 Å². The third kappa shape index (κ3) is 3.77. The maximum absolute atomic E-state index is 10.9. The molecule has 0 N–H and O–H groups in total. The summed E-state index contributed by atoms with van der Waals surface area (Å²) in [6.07, 6.45) is 2.06. The molecule has 1 aromatic heterocycles. The molecule has 114 valence electrons. The monoisotopic (exact) mass is 293 g/mol. The van der Waals surface area contributed by atoms with Gasteiger partial charge in [-0.05, 0) is 19.9 Å². The molecule has 0 amide bonds. The average Bonchev–Trinajstić information content (AvgIpc) is 2.87. The van der Waals surface area contributed by atoms with Crippen LogP contribution in [0.2, 0.25) is 0 Å². The highest BCUT2D eigenvalue weighted by atomic mass is 16.7. The van der Waals surface area contributed by atoms with Gasteiger partial charge in [0, 0.05) is 43.7 Å². The smallest absolute Gasteiger partial charge is 0.271 e. The standard InChI is InChI=1S/C14H19N3O4/c1-3-20-14(21-4-2)7-8-16-13-9-12(17(18)19)6-5-11(13)10-15-16/h5-6,9-10,14H,3-4,7-8H2,1-2H3. The van der Waals surface area contributed by atoms with Crippen LogP contribution < -0.4 is 0 Å². The predicted octanol–water partition coefficient (Wildman–Crippen LogP) is 2.73. The Morgan fingerprint density at radius 1 is 1.33 bits per heavy atom. The van der Waals surface area contributed by atoms with Crippen LogP contribution in [-0.2, 0) is 16.0 Å². The molecule has 0 saturated carbocycles. The van der Waals surface area contributed by atoms with Crippen molar-refractivity contribution >= 4 is 16.6 Å². The van der Waals surface area contributed by atoms with E-state index in [1.807, 2.05) is 13.8 Å². The molecule has 1 heterocycles. The molecule has 0 spiro atoms. The summed E-state index contributed by atoms with van der Waals surface area (Å²) < 4.78 is 12.7. The number of ether oxygens (including phenoxy) is 2. The van der Waals surface area contributed by atoms with E-state index >= 15 is 0 Å². The van der Waals surface area contributed by atoms with Gasteiger partial charge in [-0.25, -0.2) is 0 Å². The summed E-state index contributed by atoms with van der Waals surface area (Å²) in [6.45, 7) is 5.57. The number of nitro benzene ring substituents is 1. The lowest BCUT2D eigenvalue weighted by atomic mass is 10.2. The Hall–Kier alpha value is -1.99. The van der Waals surface area contributed by atoms with E-state index in [4.69, 9.17) is 9.47 Å². The number of non-ortho nitro benzene ring substituents is 1. The second-order valence-electron chi connectivity index (χ2n) is 4.50. The number of fused-ring (bicyclic) bond motifs is 1. The fourth-order valence-corrected chi connectivity index (χ4v) is 2.16. The van der Waals surface area contributed by atoms with Crippen LogP contribution in [0.1, 0.15) is 20.3 Å². The molecule has 1 aromatic carbocycles. The molecule has 0 saturated heterocycles. The van der Waals surface area contributed by atoms with Crippen LogP contribution >= 0.6 is 0 Å². The Morgan fingerprint density at radius 3 is 2.67 bits per heavy atom. The van der Waals surface area contributed by atoms with E-state index in [1.165, 1.54) is 6.07 Å². The number of hydrogen-bond acceptors (Lipinski definition) is 5. The first-order valence-corrected chi connectivity index (χ1v) is 6.98. The minimum atomic E-state index is -0.403. The van der Waals surface area contributed by atoms with E-state index < -0.39 is 4.92 Å². The molecular weight excluding hydrogens is 274 g/mol. The molecule has 0 bridgehead atoms. The van der Waals surface area contributed by atoms with Gasteiger partial charge in [0.15, 0.2) is 6.29 Å². The Kier molecular flexibility index (Phi) is 5.24. The molecule has 0 atom stereocenters. The van der Waals surface area contributed by atoms with Crippen LogP contribution in [-0.4, -0.2) is 34.2 Å². The van der Waals surface area contributed by atoms with Crippen LogP contribution in [0.5, 0.6) is 0 Å². The molecule has 2 aromatic rings. The van der Waals surface area contributed by atoms with Gasteiger partial charge in [0.1, 0.15) is 0 Å². The predicted molar refractivity (Wildman–Crippen MR) is 78.0 cm³/mol. The second kappa shape index (κ2) is 7.14. The zero-order chi connectivity index (χ0) is 15.2. The molecule has 0 aliphatic rings. The van der Waals surface area contributed by atoms with Gasteiger partial charge in [0.2, 0.25) is 0 Å². The van der Waals surface area contributed by atoms with E-state index in [1.54, 1.807) is 23.0 Å². The molecule has 0 radical (unpaired) electrons. The largest absolute Gasteiger partial charge is 0.353 e. The first-order valence-electron chi connectivity index (χ1n) is 6.98. The van der Waals surface area contributed by atoms with Crippen molar-refractivity contribution in [1.82, 2.24) is 9.78 Å². The van der Waals surface area contributed by atoms with Crippen molar-refractivity contribution in [1.29, 1.82) is 0 Å². The van der Waals surface area contributed by atoms with Crippen molar-refractivity contribution in [3.63, 3.8) is 0 Å². The van der Waals surface area contributed by atoms with Gasteiger partial charge in [-0.1, -0.05) is 0 Å². The zero-order valence-corrected chi connectivity index (χ0v) is 12.2. The van der Waals surface area contributed by atoms with Gasteiger partial charge in [-0.15, -0.1) is 0 Å². The Morgan fingerprint density at radius 2 is 2.05 bits per heavy atom. The van der Waals surface area contributed by atoms with Gasteiger partial charge in [0.05, 0.1) is 16.6 Å². The van der Waals surface area contributed by atoms with E-state index in [-0.39, 0.29) is 12.0 Å². The second-order valence-corrected chi connectivity index (χ2v) is 4.50. The number of nitrogens with zero attached hydrogens (tertiary/aromatic N) is 3. The lowest BCUT2D eigenvalue weighted by Crippen LogP contribution is -2.20. The van der Waals surface area contributed by atoms with E-state index in [9.17, 15) is 10.1 Å². The van der Waals surface area contributed by atoms with Crippen LogP contribution in [0.4, 0.5) is 5.69 Å². The number of aryl methyl sites for hydroxylation is 1. The topological polar surface area (TPSA) is 79.4 Å². The number of hydrogen-bond donors (Lipinski definition) is 0. The summed E-state index contributed by atoms with van der Waals surface area (Å²) in [4.78, 5) is 10.4. The summed E-state index contributed by atoms with van der Waals surface area (Å²) in [5.41, 5.74) is 0.811. The molecule has 7 nitrogen and oxygen atoms in total. The van der Waals surface area contributed by atoms with Gasteiger partial charge >= 0.3 is 0 Å². The highest BCUT2D eigenvalue weighted by molar-refractivity contribution is 5.80. The van der Waals surface area contributed by atoms with Gasteiger partial charge in [0.25, 0.3) is 5.69 Å². The lowest BCUT2D eigenvalue weighted by molar-refractivity contribution is -0.384. The highest BCUT2D eigenvalue weighted by Gasteiger charge is 2.12. The van der Waals surface area contributed by atoms with E-state index in [0.29, 0.717) is 26.2 Å². The molecule has 0 aliphatic heterocycles. The first-order chi connectivity index (χ1) is 10.2. The minimum absolute atomic E-state index is 0.0652. The molecule has 7 heteroatoms. The molecule has 0 aliphatic carbocycles. The Balaban J connectivity index is 2.14. The normalized spacial score (nSPS) is 11.4. The number of nitro groups is 1. The maximum Gasteiger partial charge on any atom is 0.271 e. The third-order valence-electron chi connectivity index (χ3n) is 3.12. The van der Waals surface area contributed by atoms with E-state index in [2.05, 4.69) is 5.10 Å². The lowest BCUT2D eigenvalue weighted by Gasteiger charge is -2.16. The quantitative estimate of drug-likeness (QED) is 0.425. The third-order valence-corrected chi connectivity index (χ3v) is 3.12. The summed E-state index contributed by atoms with van der Waals surface area (Å²) in [6, 6.07) is 4.73. The van der Waals surface area contributed by atoms with Crippen molar-refractivity contribution in [2.24, 2.45) is 0 Å². The van der Waals surface area contributed by atoms with Crippen molar-refractivity contribution in [2.75, 3.05) is 13.2 Å². The average molecular weight is 293 g/mol. The first kappa shape index (κ1) is 15.4. The fraction of sp³-hybridized carbons (Fsp3) is 0.500. The molecule has 0 unspecified atom stereocenters.